The number of nitrogens with two attached hydrogens (primary N) is 1. The lowest BCUT2D eigenvalue weighted by atomic mass is 10.2. The van der Waals surface area contributed by atoms with Crippen molar-refractivity contribution in [2.75, 3.05) is 30.9 Å². The van der Waals surface area contributed by atoms with Crippen LogP contribution in [-0.2, 0) is 4.79 Å². The smallest absolute Gasteiger partial charge is 0.236 e. The van der Waals surface area contributed by atoms with Gasteiger partial charge in [-0.15, -0.1) is 0 Å². The first-order chi connectivity index (χ1) is 8.36. The lowest BCUT2D eigenvalue weighted by Crippen LogP contribution is -2.32. The van der Waals surface area contributed by atoms with Gasteiger partial charge in [0, 0.05) is 25.6 Å². The van der Waals surface area contributed by atoms with Crippen molar-refractivity contribution in [3.8, 4) is 0 Å². The number of carbonyl (C=O) groups is 1. The topological polar surface area (TPSA) is 84.1 Å². The predicted molar refractivity (Wildman–Crippen MR) is 72.9 cm³/mol. The molecule has 0 aliphatic carbocycles. The van der Waals surface area contributed by atoms with Gasteiger partial charge in [0.1, 0.15) is 17.5 Å². The SMILES string of the molecule is CNc1nc(C(C)C)nc(N(C)CC(N)=O)c1C. The Morgan fingerprint density at radius 1 is 1.44 bits per heavy atom. The van der Waals surface area contributed by atoms with Gasteiger partial charge in [-0.2, -0.15) is 0 Å². The number of hydrogen-bond donors (Lipinski definition) is 2. The number of amides is 1. The molecule has 1 aromatic heterocycles. The van der Waals surface area contributed by atoms with Crippen LogP contribution in [0.2, 0.25) is 0 Å². The molecule has 1 heterocycles. The normalized spacial score (nSPS) is 10.6. The summed E-state index contributed by atoms with van der Waals surface area (Å²) >= 11 is 0. The molecule has 0 saturated carbocycles. The standard InChI is InChI=1S/C12H21N5O/c1-7(2)10-15-11(14-4)8(3)12(16-10)17(5)6-9(13)18/h7H,6H2,1-5H3,(H2,13,18)(H,14,15,16). The van der Waals surface area contributed by atoms with E-state index in [-0.39, 0.29) is 18.4 Å². The molecule has 6 nitrogen and oxygen atoms in total. The van der Waals surface area contributed by atoms with Crippen molar-refractivity contribution in [1.29, 1.82) is 0 Å². The number of likely N-dealkylation sites (N-methyl/N-ethyl adjacent to an activating group) is 1. The minimum atomic E-state index is -0.382. The molecule has 6 heteroatoms. The van der Waals surface area contributed by atoms with Gasteiger partial charge in [-0.25, -0.2) is 9.97 Å². The molecule has 0 aliphatic rings. The lowest BCUT2D eigenvalue weighted by molar-refractivity contribution is -0.116. The summed E-state index contributed by atoms with van der Waals surface area (Å²) in [6.07, 6.45) is 0. The molecule has 0 radical (unpaired) electrons. The van der Waals surface area contributed by atoms with Gasteiger partial charge in [0.2, 0.25) is 5.91 Å². The summed E-state index contributed by atoms with van der Waals surface area (Å²) in [6.45, 7) is 6.12. The summed E-state index contributed by atoms with van der Waals surface area (Å²) in [4.78, 5) is 21.7. The Kier molecular flexibility index (Phi) is 4.47. The maximum Gasteiger partial charge on any atom is 0.236 e. The van der Waals surface area contributed by atoms with Gasteiger partial charge in [-0.3, -0.25) is 4.79 Å². The van der Waals surface area contributed by atoms with Crippen molar-refractivity contribution in [3.63, 3.8) is 0 Å². The molecule has 0 bridgehead atoms. The van der Waals surface area contributed by atoms with Crippen molar-refractivity contribution < 1.29 is 4.79 Å². The van der Waals surface area contributed by atoms with Crippen LogP contribution < -0.4 is 16.0 Å². The monoisotopic (exact) mass is 251 g/mol. The van der Waals surface area contributed by atoms with Gasteiger partial charge in [0.05, 0.1) is 6.54 Å². The summed E-state index contributed by atoms with van der Waals surface area (Å²) in [5, 5.41) is 3.05. The number of anilines is 2. The molecular weight excluding hydrogens is 230 g/mol. The predicted octanol–water partition coefficient (Wildman–Crippen LogP) is 0.872. The molecule has 0 aliphatic heterocycles. The highest BCUT2D eigenvalue weighted by atomic mass is 16.1. The van der Waals surface area contributed by atoms with Crippen molar-refractivity contribution >= 4 is 17.5 Å². The number of carbonyl (C=O) groups excluding carboxylic acids is 1. The number of aromatic nitrogens is 2. The third-order valence-corrected chi connectivity index (χ3v) is 2.65. The zero-order chi connectivity index (χ0) is 13.9. The van der Waals surface area contributed by atoms with Crippen LogP contribution in [0.4, 0.5) is 11.6 Å². The van der Waals surface area contributed by atoms with Crippen LogP contribution in [0, 0.1) is 6.92 Å². The Bertz CT molecular complexity index is 444. The second-order valence-electron chi connectivity index (χ2n) is 4.61. The Hall–Kier alpha value is -1.85. The van der Waals surface area contributed by atoms with Crippen LogP contribution in [0.1, 0.15) is 31.2 Å². The van der Waals surface area contributed by atoms with E-state index in [1.165, 1.54) is 0 Å². The fourth-order valence-electron chi connectivity index (χ4n) is 1.70. The highest BCUT2D eigenvalue weighted by molar-refractivity contribution is 5.79. The van der Waals surface area contributed by atoms with Gasteiger partial charge in [0.15, 0.2) is 0 Å². The van der Waals surface area contributed by atoms with E-state index in [1.54, 1.807) is 11.9 Å². The summed E-state index contributed by atoms with van der Waals surface area (Å²) in [6, 6.07) is 0. The summed E-state index contributed by atoms with van der Waals surface area (Å²) in [5.41, 5.74) is 6.12. The molecule has 18 heavy (non-hydrogen) atoms. The zero-order valence-electron chi connectivity index (χ0n) is 11.6. The Morgan fingerprint density at radius 3 is 2.50 bits per heavy atom. The van der Waals surface area contributed by atoms with Gasteiger partial charge in [0.25, 0.3) is 0 Å². The van der Waals surface area contributed by atoms with Gasteiger partial charge in [-0.05, 0) is 6.92 Å². The molecule has 3 N–H and O–H groups in total. The van der Waals surface area contributed by atoms with E-state index in [4.69, 9.17) is 5.73 Å². The third kappa shape index (κ3) is 3.09. The Morgan fingerprint density at radius 2 is 2.06 bits per heavy atom. The molecule has 1 amide bonds. The van der Waals surface area contributed by atoms with E-state index in [1.807, 2.05) is 27.8 Å². The van der Waals surface area contributed by atoms with Crippen molar-refractivity contribution in [1.82, 2.24) is 9.97 Å². The first-order valence-electron chi connectivity index (χ1n) is 5.92. The van der Waals surface area contributed by atoms with Crippen LogP contribution in [-0.4, -0.2) is 36.5 Å². The minimum absolute atomic E-state index is 0.137. The molecule has 0 fully saturated rings. The van der Waals surface area contributed by atoms with E-state index < -0.39 is 0 Å². The van der Waals surface area contributed by atoms with Crippen molar-refractivity contribution in [2.24, 2.45) is 5.73 Å². The number of primary amides is 1. The minimum Gasteiger partial charge on any atom is -0.373 e. The van der Waals surface area contributed by atoms with E-state index in [9.17, 15) is 4.79 Å². The number of hydrogen-bond acceptors (Lipinski definition) is 5. The second-order valence-corrected chi connectivity index (χ2v) is 4.61. The van der Waals surface area contributed by atoms with Crippen LogP contribution in [0.15, 0.2) is 0 Å². The average molecular weight is 251 g/mol. The number of nitrogens with zero attached hydrogens (tertiary/aromatic N) is 3. The van der Waals surface area contributed by atoms with Crippen LogP contribution in [0.5, 0.6) is 0 Å². The molecule has 0 aromatic carbocycles. The van der Waals surface area contributed by atoms with E-state index >= 15 is 0 Å². The molecule has 1 aromatic rings. The quantitative estimate of drug-likeness (QED) is 0.811. The molecule has 0 saturated heterocycles. The van der Waals surface area contributed by atoms with Crippen molar-refractivity contribution in [3.05, 3.63) is 11.4 Å². The first-order valence-corrected chi connectivity index (χ1v) is 5.92. The number of rotatable bonds is 5. The lowest BCUT2D eigenvalue weighted by Gasteiger charge is -2.21. The summed E-state index contributed by atoms with van der Waals surface area (Å²) in [7, 11) is 3.61. The first kappa shape index (κ1) is 14.2. The van der Waals surface area contributed by atoms with Crippen LogP contribution >= 0.6 is 0 Å². The van der Waals surface area contributed by atoms with Crippen molar-refractivity contribution in [2.45, 2.75) is 26.7 Å². The Balaban J connectivity index is 3.23. The van der Waals surface area contributed by atoms with Gasteiger partial charge < -0.3 is 16.0 Å². The highest BCUT2D eigenvalue weighted by Crippen LogP contribution is 2.24. The van der Waals surface area contributed by atoms with Crippen LogP contribution in [0.25, 0.3) is 0 Å². The summed E-state index contributed by atoms with van der Waals surface area (Å²) in [5.74, 6) is 2.10. The van der Waals surface area contributed by atoms with E-state index in [2.05, 4.69) is 15.3 Å². The molecular formula is C12H21N5O. The third-order valence-electron chi connectivity index (χ3n) is 2.65. The van der Waals surface area contributed by atoms with E-state index in [0.717, 1.165) is 23.0 Å². The molecule has 1 rings (SSSR count). The molecule has 0 unspecified atom stereocenters. The maximum absolute atomic E-state index is 11.0. The molecule has 0 spiro atoms. The fraction of sp³-hybridized carbons (Fsp3) is 0.583. The fourth-order valence-corrected chi connectivity index (χ4v) is 1.70. The van der Waals surface area contributed by atoms with Gasteiger partial charge >= 0.3 is 0 Å². The average Bonchev–Trinajstić information content (AvgIpc) is 2.27. The highest BCUT2D eigenvalue weighted by Gasteiger charge is 2.16. The summed E-state index contributed by atoms with van der Waals surface area (Å²) < 4.78 is 0. The zero-order valence-corrected chi connectivity index (χ0v) is 11.6. The molecule has 0 atom stereocenters. The Labute approximate surface area is 108 Å². The molecule has 100 valence electrons. The van der Waals surface area contributed by atoms with Crippen LogP contribution in [0.3, 0.4) is 0 Å². The van der Waals surface area contributed by atoms with E-state index in [0.29, 0.717) is 0 Å². The number of nitrogens with one attached hydrogen (secondary N) is 1. The largest absolute Gasteiger partial charge is 0.373 e. The maximum atomic E-state index is 11.0. The van der Waals surface area contributed by atoms with Gasteiger partial charge in [-0.1, -0.05) is 13.8 Å². The second kappa shape index (κ2) is 5.66.